The molecule has 3 heterocycles. The number of carbonyl (C=O) groups is 1. The molecule has 0 atom stereocenters. The van der Waals surface area contributed by atoms with Gasteiger partial charge in [-0.2, -0.15) is 18.3 Å². The first-order valence-corrected chi connectivity index (χ1v) is 9.81. The zero-order valence-electron chi connectivity index (χ0n) is 17.4. The number of carbonyl (C=O) groups excluding carboxylic acids is 1. The Kier molecular flexibility index (Phi) is 5.12. The van der Waals surface area contributed by atoms with Crippen molar-refractivity contribution in [1.82, 2.24) is 24.6 Å². The van der Waals surface area contributed by atoms with Crippen LogP contribution in [0.1, 0.15) is 21.6 Å². The summed E-state index contributed by atoms with van der Waals surface area (Å²) in [6.07, 6.45) is -3.21. The van der Waals surface area contributed by atoms with Crippen LogP contribution in [0.2, 0.25) is 0 Å². The van der Waals surface area contributed by atoms with Crippen LogP contribution in [0.3, 0.4) is 0 Å². The molecule has 0 saturated carbocycles. The average molecular weight is 433 g/mol. The number of pyridine rings is 1. The van der Waals surface area contributed by atoms with E-state index in [1.807, 2.05) is 7.05 Å². The molecule has 31 heavy (non-hydrogen) atoms. The number of H-pyrrole nitrogens is 1. The number of rotatable bonds is 2. The highest BCUT2D eigenvalue weighted by molar-refractivity contribution is 5.99. The van der Waals surface area contributed by atoms with Crippen molar-refractivity contribution in [3.8, 4) is 11.1 Å². The number of aromatic amines is 1. The van der Waals surface area contributed by atoms with Gasteiger partial charge < -0.3 is 14.4 Å². The zero-order valence-corrected chi connectivity index (χ0v) is 17.4. The monoisotopic (exact) mass is 433 g/mol. The molecule has 1 N–H and O–H groups in total. The molecule has 1 saturated heterocycles. The molecule has 3 aromatic rings. The van der Waals surface area contributed by atoms with E-state index in [4.69, 9.17) is 0 Å². The first-order chi connectivity index (χ1) is 14.6. The Morgan fingerprint density at radius 1 is 1.06 bits per heavy atom. The van der Waals surface area contributed by atoms with Crippen molar-refractivity contribution in [2.75, 3.05) is 33.2 Å². The van der Waals surface area contributed by atoms with Crippen LogP contribution in [0, 0.1) is 6.92 Å². The number of fused-ring (bicyclic) bond motifs is 1. The summed E-state index contributed by atoms with van der Waals surface area (Å²) in [5, 5.41) is 6.76. The maximum Gasteiger partial charge on any atom is 0.416 e. The molecule has 1 aliphatic rings. The lowest BCUT2D eigenvalue weighted by Gasteiger charge is -2.33. The molecule has 0 bridgehead atoms. The summed E-state index contributed by atoms with van der Waals surface area (Å²) in [7, 11) is 3.49. The molecule has 1 fully saturated rings. The summed E-state index contributed by atoms with van der Waals surface area (Å²) in [5.41, 5.74) is -0.319. The number of benzene rings is 1. The number of nitrogens with zero attached hydrogens (tertiary/aromatic N) is 4. The van der Waals surface area contributed by atoms with Crippen LogP contribution in [-0.4, -0.2) is 63.7 Å². The van der Waals surface area contributed by atoms with Crippen LogP contribution in [0.4, 0.5) is 13.2 Å². The third kappa shape index (κ3) is 3.71. The van der Waals surface area contributed by atoms with Crippen LogP contribution >= 0.6 is 0 Å². The quantitative estimate of drug-likeness (QED) is 0.675. The van der Waals surface area contributed by atoms with Crippen LogP contribution < -0.4 is 5.56 Å². The summed E-state index contributed by atoms with van der Waals surface area (Å²) >= 11 is 0. The molecule has 2 aromatic heterocycles. The highest BCUT2D eigenvalue weighted by Gasteiger charge is 2.32. The maximum absolute atomic E-state index is 13.5. The van der Waals surface area contributed by atoms with Crippen molar-refractivity contribution >= 4 is 16.8 Å². The Morgan fingerprint density at radius 2 is 1.74 bits per heavy atom. The highest BCUT2D eigenvalue weighted by Crippen LogP contribution is 2.36. The van der Waals surface area contributed by atoms with E-state index in [1.54, 1.807) is 11.8 Å². The van der Waals surface area contributed by atoms with Gasteiger partial charge >= 0.3 is 6.18 Å². The minimum Gasteiger partial charge on any atom is -0.336 e. The molecular weight excluding hydrogens is 411 g/mol. The highest BCUT2D eigenvalue weighted by atomic mass is 19.4. The standard InChI is InChI=1S/C21H22F3N5O2/c1-12-14(20(31)29-6-4-27(2)5-7-29)10-16(19(30)28(12)3)15-8-13(21(22,23)24)9-18-17(15)11-25-26-18/h8-11H,4-7H2,1-3H3,(H,25,26). The SMILES string of the molecule is Cc1c(C(=O)N2CCN(C)CC2)cc(-c2cc(C(F)(F)F)cc3[nH]ncc23)c(=O)n1C. The van der Waals surface area contributed by atoms with Gasteiger partial charge in [-0.25, -0.2) is 0 Å². The van der Waals surface area contributed by atoms with Gasteiger partial charge in [0.15, 0.2) is 0 Å². The van der Waals surface area contributed by atoms with Crippen molar-refractivity contribution in [2.45, 2.75) is 13.1 Å². The van der Waals surface area contributed by atoms with Crippen molar-refractivity contribution in [1.29, 1.82) is 0 Å². The largest absolute Gasteiger partial charge is 0.416 e. The van der Waals surface area contributed by atoms with Gasteiger partial charge in [0.2, 0.25) is 0 Å². The summed E-state index contributed by atoms with van der Waals surface area (Å²) in [4.78, 5) is 30.1. The first kappa shape index (κ1) is 21.1. The number of piperazine rings is 1. The molecule has 0 unspecified atom stereocenters. The summed E-state index contributed by atoms with van der Waals surface area (Å²) in [6, 6.07) is 3.31. The Bertz CT molecular complexity index is 1220. The number of hydrogen-bond acceptors (Lipinski definition) is 4. The van der Waals surface area contributed by atoms with E-state index >= 15 is 0 Å². The molecule has 1 aromatic carbocycles. The molecule has 1 amide bonds. The molecule has 4 rings (SSSR count). The lowest BCUT2D eigenvalue weighted by atomic mass is 9.97. The smallest absolute Gasteiger partial charge is 0.336 e. The minimum atomic E-state index is -4.59. The van der Waals surface area contributed by atoms with Crippen molar-refractivity contribution < 1.29 is 18.0 Å². The number of hydrogen-bond donors (Lipinski definition) is 1. The molecular formula is C21H22F3N5O2. The summed E-state index contributed by atoms with van der Waals surface area (Å²) < 4.78 is 41.7. The number of halogens is 3. The summed E-state index contributed by atoms with van der Waals surface area (Å²) in [5.74, 6) is -0.238. The second-order valence-electron chi connectivity index (χ2n) is 7.87. The maximum atomic E-state index is 13.5. The molecule has 0 aliphatic carbocycles. The van der Waals surface area contributed by atoms with Gasteiger partial charge in [0.1, 0.15) is 0 Å². The second-order valence-corrected chi connectivity index (χ2v) is 7.87. The van der Waals surface area contributed by atoms with Gasteiger partial charge in [0, 0.05) is 49.9 Å². The molecule has 10 heteroatoms. The van der Waals surface area contributed by atoms with Gasteiger partial charge in [-0.1, -0.05) is 0 Å². The Balaban J connectivity index is 1.90. The minimum absolute atomic E-state index is 0.0306. The summed E-state index contributed by atoms with van der Waals surface area (Å²) in [6.45, 7) is 4.21. The zero-order chi connectivity index (χ0) is 22.5. The molecule has 164 valence electrons. The molecule has 0 spiro atoms. The first-order valence-electron chi connectivity index (χ1n) is 9.81. The third-order valence-electron chi connectivity index (χ3n) is 5.91. The van der Waals surface area contributed by atoms with Crippen molar-refractivity contribution in [2.24, 2.45) is 7.05 Å². The van der Waals surface area contributed by atoms with Crippen LogP contribution in [0.15, 0.2) is 29.2 Å². The van der Waals surface area contributed by atoms with E-state index in [-0.39, 0.29) is 22.6 Å². The fourth-order valence-electron chi connectivity index (χ4n) is 3.85. The van der Waals surface area contributed by atoms with Gasteiger partial charge in [0.05, 0.1) is 22.8 Å². The van der Waals surface area contributed by atoms with E-state index in [2.05, 4.69) is 15.1 Å². The Hall–Kier alpha value is -3.14. The Morgan fingerprint density at radius 3 is 2.39 bits per heavy atom. The average Bonchev–Trinajstić information content (AvgIpc) is 3.20. The van der Waals surface area contributed by atoms with E-state index in [1.165, 1.54) is 23.9 Å². The Labute approximate surface area is 176 Å². The van der Waals surface area contributed by atoms with Crippen molar-refractivity contribution in [3.63, 3.8) is 0 Å². The number of likely N-dealkylation sites (N-methyl/N-ethyl adjacent to an activating group) is 1. The third-order valence-corrected chi connectivity index (χ3v) is 5.91. The van der Waals surface area contributed by atoms with Crippen LogP contribution in [0.5, 0.6) is 0 Å². The molecule has 0 radical (unpaired) electrons. The van der Waals surface area contributed by atoms with Gasteiger partial charge in [-0.05, 0) is 37.7 Å². The van der Waals surface area contributed by atoms with E-state index < -0.39 is 17.3 Å². The lowest BCUT2D eigenvalue weighted by molar-refractivity contribution is -0.137. The fraction of sp³-hybridized carbons (Fsp3) is 0.381. The lowest BCUT2D eigenvalue weighted by Crippen LogP contribution is -2.47. The number of alkyl halides is 3. The molecule has 1 aliphatic heterocycles. The number of aromatic nitrogens is 3. The fourth-order valence-corrected chi connectivity index (χ4v) is 3.85. The predicted octanol–water partition coefficient (Wildman–Crippen LogP) is 2.64. The number of nitrogens with one attached hydrogen (secondary N) is 1. The number of amides is 1. The van der Waals surface area contributed by atoms with Crippen LogP contribution in [-0.2, 0) is 13.2 Å². The van der Waals surface area contributed by atoms with E-state index in [0.29, 0.717) is 29.7 Å². The van der Waals surface area contributed by atoms with Gasteiger partial charge in [0.25, 0.3) is 11.5 Å². The molecule has 7 nitrogen and oxygen atoms in total. The van der Waals surface area contributed by atoms with E-state index in [0.717, 1.165) is 25.2 Å². The topological polar surface area (TPSA) is 74.2 Å². The van der Waals surface area contributed by atoms with E-state index in [9.17, 15) is 22.8 Å². The van der Waals surface area contributed by atoms with Crippen LogP contribution in [0.25, 0.3) is 22.0 Å². The second kappa shape index (κ2) is 7.52. The predicted molar refractivity (Wildman–Crippen MR) is 110 cm³/mol. The van der Waals surface area contributed by atoms with Crippen molar-refractivity contribution in [3.05, 3.63) is 51.6 Å². The van der Waals surface area contributed by atoms with Gasteiger partial charge in [-0.3, -0.25) is 14.7 Å². The normalized spacial score (nSPS) is 15.6. The van der Waals surface area contributed by atoms with Gasteiger partial charge in [-0.15, -0.1) is 0 Å².